The number of hydrogen-bond donors (Lipinski definition) is 3. The van der Waals surface area contributed by atoms with E-state index in [1.165, 1.54) is 0 Å². The van der Waals surface area contributed by atoms with Gasteiger partial charge in [0.25, 0.3) is 0 Å². The molecule has 0 spiro atoms. The Balaban J connectivity index is 2.11. The molecule has 2 aromatic rings. The first-order chi connectivity index (χ1) is 8.97. The standard InChI is InChI=1S/C12H16N4O2S/c1-19(17,18)16-8-7-14-11-5-4-10(13)9-3-2-6-15-12(9)11/h2-6,14,16H,7-8,13H2,1H3. The molecule has 0 aliphatic heterocycles. The van der Waals surface area contributed by atoms with Gasteiger partial charge in [-0.25, -0.2) is 13.1 Å². The van der Waals surface area contributed by atoms with Crippen LogP contribution in [0.1, 0.15) is 0 Å². The largest absolute Gasteiger partial charge is 0.398 e. The third kappa shape index (κ3) is 3.55. The Bertz CT molecular complexity index is 685. The van der Waals surface area contributed by atoms with Crippen LogP contribution in [-0.4, -0.2) is 32.7 Å². The highest BCUT2D eigenvalue weighted by Gasteiger charge is 2.05. The highest BCUT2D eigenvalue weighted by atomic mass is 32.2. The molecule has 2 rings (SSSR count). The van der Waals surface area contributed by atoms with Crippen molar-refractivity contribution in [1.29, 1.82) is 0 Å². The molecule has 19 heavy (non-hydrogen) atoms. The number of rotatable bonds is 5. The van der Waals surface area contributed by atoms with Crippen LogP contribution in [0.3, 0.4) is 0 Å². The van der Waals surface area contributed by atoms with Gasteiger partial charge in [-0.15, -0.1) is 0 Å². The van der Waals surface area contributed by atoms with E-state index in [9.17, 15) is 8.42 Å². The van der Waals surface area contributed by atoms with Gasteiger partial charge in [0.05, 0.1) is 17.5 Å². The SMILES string of the molecule is CS(=O)(=O)NCCNc1ccc(N)c2cccnc12. The second kappa shape index (κ2) is 5.41. The fourth-order valence-electron chi connectivity index (χ4n) is 1.77. The number of nitrogens with zero attached hydrogens (tertiary/aromatic N) is 1. The number of aromatic nitrogens is 1. The average molecular weight is 280 g/mol. The Morgan fingerprint density at radius 2 is 2.05 bits per heavy atom. The number of sulfonamides is 1. The number of hydrogen-bond acceptors (Lipinski definition) is 5. The molecular formula is C12H16N4O2S. The summed E-state index contributed by atoms with van der Waals surface area (Å²) in [5.74, 6) is 0. The zero-order valence-corrected chi connectivity index (χ0v) is 11.4. The Labute approximate surface area is 112 Å². The Kier molecular flexibility index (Phi) is 3.87. The molecule has 0 aliphatic rings. The Morgan fingerprint density at radius 1 is 1.26 bits per heavy atom. The van der Waals surface area contributed by atoms with Gasteiger partial charge in [-0.2, -0.15) is 0 Å². The Hall–Kier alpha value is -1.86. The maximum Gasteiger partial charge on any atom is 0.208 e. The topological polar surface area (TPSA) is 97.1 Å². The molecule has 0 amide bonds. The van der Waals surface area contributed by atoms with Crippen LogP contribution in [0.2, 0.25) is 0 Å². The smallest absolute Gasteiger partial charge is 0.208 e. The van der Waals surface area contributed by atoms with Crippen LogP contribution in [0.4, 0.5) is 11.4 Å². The van der Waals surface area contributed by atoms with Crippen molar-refractivity contribution >= 4 is 32.3 Å². The second-order valence-electron chi connectivity index (χ2n) is 4.20. The number of nitrogens with one attached hydrogen (secondary N) is 2. The molecule has 0 atom stereocenters. The number of pyridine rings is 1. The van der Waals surface area contributed by atoms with Gasteiger partial charge in [0.1, 0.15) is 0 Å². The molecule has 0 unspecified atom stereocenters. The molecule has 0 aliphatic carbocycles. The molecule has 0 saturated carbocycles. The molecule has 0 fully saturated rings. The zero-order chi connectivity index (χ0) is 13.9. The summed E-state index contributed by atoms with van der Waals surface area (Å²) < 4.78 is 24.3. The van der Waals surface area contributed by atoms with Crippen molar-refractivity contribution < 1.29 is 8.42 Å². The minimum absolute atomic E-state index is 0.317. The lowest BCUT2D eigenvalue weighted by Crippen LogP contribution is -2.27. The summed E-state index contributed by atoms with van der Waals surface area (Å²) >= 11 is 0. The molecule has 0 bridgehead atoms. The molecule has 0 saturated heterocycles. The molecule has 4 N–H and O–H groups in total. The predicted molar refractivity (Wildman–Crippen MR) is 77.5 cm³/mol. The van der Waals surface area contributed by atoms with Gasteiger partial charge in [0.2, 0.25) is 10.0 Å². The van der Waals surface area contributed by atoms with E-state index in [1.807, 2.05) is 18.2 Å². The first-order valence-corrected chi connectivity index (χ1v) is 7.68. The van der Waals surface area contributed by atoms with E-state index >= 15 is 0 Å². The van der Waals surface area contributed by atoms with Crippen molar-refractivity contribution in [2.24, 2.45) is 0 Å². The molecule has 0 radical (unpaired) electrons. The molecule has 6 nitrogen and oxygen atoms in total. The lowest BCUT2D eigenvalue weighted by Gasteiger charge is -2.10. The van der Waals surface area contributed by atoms with Crippen LogP contribution < -0.4 is 15.8 Å². The van der Waals surface area contributed by atoms with Gasteiger partial charge in [-0.1, -0.05) is 0 Å². The number of benzene rings is 1. The molecule has 7 heteroatoms. The van der Waals surface area contributed by atoms with E-state index in [0.29, 0.717) is 18.8 Å². The van der Waals surface area contributed by atoms with E-state index < -0.39 is 10.0 Å². The summed E-state index contributed by atoms with van der Waals surface area (Å²) in [5, 5.41) is 4.02. The third-order valence-electron chi connectivity index (χ3n) is 2.61. The normalized spacial score (nSPS) is 11.6. The molecular weight excluding hydrogens is 264 g/mol. The summed E-state index contributed by atoms with van der Waals surface area (Å²) in [7, 11) is -3.15. The van der Waals surface area contributed by atoms with E-state index in [1.54, 1.807) is 12.3 Å². The maximum atomic E-state index is 10.9. The zero-order valence-electron chi connectivity index (χ0n) is 10.6. The van der Waals surface area contributed by atoms with Gasteiger partial charge < -0.3 is 11.1 Å². The lowest BCUT2D eigenvalue weighted by molar-refractivity contribution is 0.589. The van der Waals surface area contributed by atoms with Crippen molar-refractivity contribution in [2.75, 3.05) is 30.4 Å². The summed E-state index contributed by atoms with van der Waals surface area (Å²) in [5.41, 5.74) is 8.16. The first-order valence-electron chi connectivity index (χ1n) is 5.79. The van der Waals surface area contributed by atoms with Crippen LogP contribution in [-0.2, 0) is 10.0 Å². The molecule has 1 aromatic carbocycles. The van der Waals surface area contributed by atoms with Gasteiger partial charge in [-0.3, -0.25) is 4.98 Å². The number of anilines is 2. The predicted octanol–water partition coefficient (Wildman–Crippen LogP) is 0.778. The number of fused-ring (bicyclic) bond motifs is 1. The minimum Gasteiger partial charge on any atom is -0.398 e. The van der Waals surface area contributed by atoms with Crippen molar-refractivity contribution in [3.05, 3.63) is 30.5 Å². The van der Waals surface area contributed by atoms with Gasteiger partial charge >= 0.3 is 0 Å². The van der Waals surface area contributed by atoms with Crippen molar-refractivity contribution in [1.82, 2.24) is 9.71 Å². The fraction of sp³-hybridized carbons (Fsp3) is 0.250. The summed E-state index contributed by atoms with van der Waals surface area (Å²) in [4.78, 5) is 4.29. The van der Waals surface area contributed by atoms with Crippen LogP contribution >= 0.6 is 0 Å². The quantitative estimate of drug-likeness (QED) is 0.555. The lowest BCUT2D eigenvalue weighted by atomic mass is 10.1. The minimum atomic E-state index is -3.15. The summed E-state index contributed by atoms with van der Waals surface area (Å²) in [6, 6.07) is 7.37. The van der Waals surface area contributed by atoms with Crippen LogP contribution in [0, 0.1) is 0 Å². The molecule has 1 aromatic heterocycles. The Morgan fingerprint density at radius 3 is 2.79 bits per heavy atom. The van der Waals surface area contributed by atoms with Crippen LogP contribution in [0.25, 0.3) is 10.9 Å². The second-order valence-corrected chi connectivity index (χ2v) is 6.03. The van der Waals surface area contributed by atoms with Crippen LogP contribution in [0.5, 0.6) is 0 Å². The monoisotopic (exact) mass is 280 g/mol. The van der Waals surface area contributed by atoms with E-state index in [2.05, 4.69) is 15.0 Å². The number of nitrogen functional groups attached to an aromatic ring is 1. The van der Waals surface area contributed by atoms with Crippen molar-refractivity contribution in [2.45, 2.75) is 0 Å². The highest BCUT2D eigenvalue weighted by molar-refractivity contribution is 7.88. The van der Waals surface area contributed by atoms with Crippen LogP contribution in [0.15, 0.2) is 30.5 Å². The van der Waals surface area contributed by atoms with Crippen molar-refractivity contribution in [3.8, 4) is 0 Å². The highest BCUT2D eigenvalue weighted by Crippen LogP contribution is 2.25. The average Bonchev–Trinajstić information content (AvgIpc) is 2.36. The summed E-state index contributed by atoms with van der Waals surface area (Å²) in [6.45, 7) is 0.792. The van der Waals surface area contributed by atoms with E-state index in [4.69, 9.17) is 5.73 Å². The van der Waals surface area contributed by atoms with Gasteiger partial charge in [0.15, 0.2) is 0 Å². The number of nitrogens with two attached hydrogens (primary N) is 1. The molecule has 102 valence electrons. The van der Waals surface area contributed by atoms with Gasteiger partial charge in [0, 0.05) is 30.4 Å². The third-order valence-corrected chi connectivity index (χ3v) is 3.34. The summed E-state index contributed by atoms with van der Waals surface area (Å²) in [6.07, 6.45) is 2.83. The fourth-order valence-corrected chi connectivity index (χ4v) is 2.24. The van der Waals surface area contributed by atoms with Crippen molar-refractivity contribution in [3.63, 3.8) is 0 Å². The van der Waals surface area contributed by atoms with E-state index in [-0.39, 0.29) is 0 Å². The van der Waals surface area contributed by atoms with Gasteiger partial charge in [-0.05, 0) is 24.3 Å². The molecule has 1 heterocycles. The van der Waals surface area contributed by atoms with E-state index in [0.717, 1.165) is 22.8 Å². The first kappa shape index (κ1) is 13.6. The maximum absolute atomic E-state index is 10.9.